The molecule has 2 heterocycles. The van der Waals surface area contributed by atoms with Crippen LogP contribution in [0.25, 0.3) is 0 Å². The van der Waals surface area contributed by atoms with Crippen molar-refractivity contribution in [3.05, 3.63) is 42.9 Å². The Morgan fingerprint density at radius 3 is 2.80 bits per heavy atom. The van der Waals surface area contributed by atoms with Crippen LogP contribution in [0.1, 0.15) is 26.2 Å². The molecule has 132 valence electrons. The van der Waals surface area contributed by atoms with Crippen molar-refractivity contribution in [3.8, 4) is 5.75 Å². The van der Waals surface area contributed by atoms with Gasteiger partial charge in [0.15, 0.2) is 0 Å². The lowest BCUT2D eigenvalue weighted by Gasteiger charge is -2.31. The number of carbonyl (C=O) groups is 1. The molecule has 1 amide bonds. The first-order chi connectivity index (χ1) is 12.3. The number of hydrogen-bond acceptors (Lipinski definition) is 5. The summed E-state index contributed by atoms with van der Waals surface area (Å²) in [5.41, 5.74) is 0.748. The minimum absolute atomic E-state index is 0.00662. The maximum Gasteiger partial charge on any atom is 0.227 e. The molecule has 1 N–H and O–H groups in total. The smallest absolute Gasteiger partial charge is 0.227 e. The van der Waals surface area contributed by atoms with Gasteiger partial charge >= 0.3 is 0 Å². The van der Waals surface area contributed by atoms with Crippen LogP contribution >= 0.6 is 0 Å². The van der Waals surface area contributed by atoms with Crippen LogP contribution in [0.2, 0.25) is 0 Å². The summed E-state index contributed by atoms with van der Waals surface area (Å²) in [7, 11) is 0. The van der Waals surface area contributed by atoms with Gasteiger partial charge in [-0.25, -0.2) is 4.98 Å². The van der Waals surface area contributed by atoms with Gasteiger partial charge in [-0.15, -0.1) is 0 Å². The van der Waals surface area contributed by atoms with Crippen molar-refractivity contribution in [1.82, 2.24) is 9.97 Å². The highest BCUT2D eigenvalue weighted by atomic mass is 16.5. The molecule has 0 bridgehead atoms. The number of amides is 1. The lowest BCUT2D eigenvalue weighted by molar-refractivity contribution is -0.120. The maximum absolute atomic E-state index is 12.6. The van der Waals surface area contributed by atoms with Gasteiger partial charge in [0.1, 0.15) is 11.6 Å². The quantitative estimate of drug-likeness (QED) is 0.875. The Hall–Kier alpha value is -2.63. The zero-order valence-corrected chi connectivity index (χ0v) is 14.5. The first-order valence-electron chi connectivity index (χ1n) is 8.81. The largest absolute Gasteiger partial charge is 0.491 e. The van der Waals surface area contributed by atoms with Crippen molar-refractivity contribution in [2.45, 2.75) is 26.2 Å². The lowest BCUT2D eigenvalue weighted by Crippen LogP contribution is -2.38. The lowest BCUT2D eigenvalue weighted by atomic mass is 9.96. The van der Waals surface area contributed by atoms with E-state index in [2.05, 4.69) is 27.1 Å². The Bertz CT molecular complexity index is 685. The van der Waals surface area contributed by atoms with Gasteiger partial charge in [0.25, 0.3) is 0 Å². The highest BCUT2D eigenvalue weighted by Crippen LogP contribution is 2.27. The van der Waals surface area contributed by atoms with Crippen molar-refractivity contribution in [2.24, 2.45) is 5.92 Å². The summed E-state index contributed by atoms with van der Waals surface area (Å²) in [5.74, 6) is 1.67. The van der Waals surface area contributed by atoms with Crippen molar-refractivity contribution >= 4 is 17.4 Å². The van der Waals surface area contributed by atoms with Gasteiger partial charge in [-0.1, -0.05) is 19.1 Å². The van der Waals surface area contributed by atoms with Gasteiger partial charge < -0.3 is 15.0 Å². The van der Waals surface area contributed by atoms with Crippen LogP contribution in [0.15, 0.2) is 42.9 Å². The second kappa shape index (κ2) is 8.46. The molecule has 0 radical (unpaired) electrons. The third-order valence-corrected chi connectivity index (χ3v) is 4.35. The monoisotopic (exact) mass is 340 g/mol. The first kappa shape index (κ1) is 17.2. The van der Waals surface area contributed by atoms with Crippen LogP contribution in [0.3, 0.4) is 0 Å². The molecule has 1 aromatic carbocycles. The van der Waals surface area contributed by atoms with Crippen LogP contribution in [0.4, 0.5) is 11.5 Å². The van der Waals surface area contributed by atoms with E-state index >= 15 is 0 Å². The van der Waals surface area contributed by atoms with Crippen molar-refractivity contribution in [3.63, 3.8) is 0 Å². The molecule has 0 spiro atoms. The number of nitrogens with one attached hydrogen (secondary N) is 1. The Morgan fingerprint density at radius 2 is 2.08 bits per heavy atom. The van der Waals surface area contributed by atoms with Crippen molar-refractivity contribution in [1.29, 1.82) is 0 Å². The summed E-state index contributed by atoms with van der Waals surface area (Å²) >= 11 is 0. The fourth-order valence-electron chi connectivity index (χ4n) is 2.97. The van der Waals surface area contributed by atoms with E-state index < -0.39 is 0 Å². The third kappa shape index (κ3) is 4.47. The van der Waals surface area contributed by atoms with Gasteiger partial charge in [0, 0.05) is 31.4 Å². The van der Waals surface area contributed by atoms with Gasteiger partial charge in [-0.05, 0) is 31.4 Å². The molecule has 1 aliphatic heterocycles. The Balaban J connectivity index is 1.57. The number of hydrogen-bond donors (Lipinski definition) is 1. The number of rotatable bonds is 6. The van der Waals surface area contributed by atoms with Crippen molar-refractivity contribution < 1.29 is 9.53 Å². The SMILES string of the molecule is CCCOc1ccccc1NC(=O)C1CCN(c2cnccn2)CC1. The molecule has 0 unspecified atom stereocenters. The van der Waals surface area contributed by atoms with E-state index in [1.54, 1.807) is 18.6 Å². The van der Waals surface area contributed by atoms with E-state index in [9.17, 15) is 4.79 Å². The summed E-state index contributed by atoms with van der Waals surface area (Å²) < 4.78 is 5.71. The molecular formula is C19H24N4O2. The molecule has 6 heteroatoms. The molecule has 2 aromatic rings. The topological polar surface area (TPSA) is 67.3 Å². The highest BCUT2D eigenvalue weighted by Gasteiger charge is 2.26. The minimum atomic E-state index is 0.00662. The number of carbonyl (C=O) groups excluding carboxylic acids is 1. The third-order valence-electron chi connectivity index (χ3n) is 4.35. The molecule has 3 rings (SSSR count). The van der Waals surface area contributed by atoms with E-state index in [1.807, 2.05) is 24.3 Å². The fraction of sp³-hybridized carbons (Fsp3) is 0.421. The number of anilines is 2. The second-order valence-corrected chi connectivity index (χ2v) is 6.16. The van der Waals surface area contributed by atoms with E-state index in [-0.39, 0.29) is 11.8 Å². The number of piperidine rings is 1. The summed E-state index contributed by atoms with van der Waals surface area (Å²) in [4.78, 5) is 23.2. The number of nitrogens with zero attached hydrogens (tertiary/aromatic N) is 3. The molecule has 0 aliphatic carbocycles. The van der Waals surface area contributed by atoms with Gasteiger partial charge in [0.2, 0.25) is 5.91 Å². The summed E-state index contributed by atoms with van der Waals surface area (Å²) in [6.07, 6.45) is 7.68. The average Bonchev–Trinajstić information content (AvgIpc) is 2.68. The number of para-hydroxylation sites is 2. The zero-order valence-electron chi connectivity index (χ0n) is 14.5. The van der Waals surface area contributed by atoms with Crippen LogP contribution in [0.5, 0.6) is 5.75 Å². The van der Waals surface area contributed by atoms with E-state index in [1.165, 1.54) is 0 Å². The van der Waals surface area contributed by atoms with Gasteiger partial charge in [-0.2, -0.15) is 0 Å². The standard InChI is InChI=1S/C19H24N4O2/c1-2-13-25-17-6-4-3-5-16(17)22-19(24)15-7-11-23(12-8-15)18-14-20-9-10-21-18/h3-6,9-10,14-15H,2,7-8,11-13H2,1H3,(H,22,24). The number of ether oxygens (including phenoxy) is 1. The van der Waals surface area contributed by atoms with Crippen molar-refractivity contribution in [2.75, 3.05) is 29.9 Å². The highest BCUT2D eigenvalue weighted by molar-refractivity contribution is 5.94. The van der Waals surface area contributed by atoms with Gasteiger partial charge in [-0.3, -0.25) is 9.78 Å². The molecular weight excluding hydrogens is 316 g/mol. The zero-order chi connectivity index (χ0) is 17.5. The van der Waals surface area contributed by atoms with E-state index in [4.69, 9.17) is 4.74 Å². The number of aromatic nitrogens is 2. The Morgan fingerprint density at radius 1 is 1.28 bits per heavy atom. The Labute approximate surface area is 148 Å². The molecule has 1 aromatic heterocycles. The molecule has 1 saturated heterocycles. The molecule has 25 heavy (non-hydrogen) atoms. The summed E-state index contributed by atoms with van der Waals surface area (Å²) in [5, 5.41) is 3.03. The van der Waals surface area contributed by atoms with E-state index in [0.717, 1.165) is 49.6 Å². The minimum Gasteiger partial charge on any atom is -0.491 e. The fourth-order valence-corrected chi connectivity index (χ4v) is 2.97. The van der Waals surface area contributed by atoms with Crippen LogP contribution in [0, 0.1) is 5.92 Å². The summed E-state index contributed by atoms with van der Waals surface area (Å²) in [6, 6.07) is 7.60. The van der Waals surface area contributed by atoms with Crippen LogP contribution in [-0.4, -0.2) is 35.6 Å². The second-order valence-electron chi connectivity index (χ2n) is 6.16. The summed E-state index contributed by atoms with van der Waals surface area (Å²) in [6.45, 7) is 4.32. The predicted octanol–water partition coefficient (Wildman–Crippen LogP) is 3.12. The van der Waals surface area contributed by atoms with Gasteiger partial charge in [0.05, 0.1) is 18.5 Å². The van der Waals surface area contributed by atoms with Crippen LogP contribution < -0.4 is 15.0 Å². The predicted molar refractivity (Wildman–Crippen MR) is 97.8 cm³/mol. The molecule has 0 atom stereocenters. The normalized spacial score (nSPS) is 15.0. The number of benzene rings is 1. The Kier molecular flexibility index (Phi) is 5.82. The molecule has 0 saturated carbocycles. The average molecular weight is 340 g/mol. The maximum atomic E-state index is 12.6. The van der Waals surface area contributed by atoms with Crippen LogP contribution in [-0.2, 0) is 4.79 Å². The molecule has 6 nitrogen and oxygen atoms in total. The molecule has 1 aliphatic rings. The first-order valence-corrected chi connectivity index (χ1v) is 8.81. The molecule has 1 fully saturated rings. The van der Waals surface area contributed by atoms with E-state index in [0.29, 0.717) is 6.61 Å².